The van der Waals surface area contributed by atoms with Gasteiger partial charge in [0.1, 0.15) is 12.0 Å². The fourth-order valence-electron chi connectivity index (χ4n) is 2.78. The smallest absolute Gasteiger partial charge is 0.173 e. The number of rotatable bonds is 2. The maximum Gasteiger partial charge on any atom is 0.173 e. The minimum atomic E-state index is 0.0678. The maximum absolute atomic E-state index is 12.2. The number of ketones is 1. The normalized spacial score (nSPS) is 17.8. The van der Waals surface area contributed by atoms with E-state index in [9.17, 15) is 4.79 Å². The lowest BCUT2D eigenvalue weighted by atomic mass is 9.95. The van der Waals surface area contributed by atoms with Gasteiger partial charge in [-0.1, -0.05) is 42.5 Å². The Morgan fingerprint density at radius 2 is 1.65 bits per heavy atom. The largest absolute Gasteiger partial charge is 0.294 e. The minimum Gasteiger partial charge on any atom is -0.294 e. The molecule has 0 bridgehead atoms. The molecule has 1 nitrogen and oxygen atoms in total. The summed E-state index contributed by atoms with van der Waals surface area (Å²) >= 11 is 0. The molecule has 0 fully saturated rings. The van der Waals surface area contributed by atoms with Crippen LogP contribution in [0.1, 0.15) is 23.6 Å². The van der Waals surface area contributed by atoms with Crippen molar-refractivity contribution in [1.29, 1.82) is 0 Å². The highest BCUT2D eigenvalue weighted by atomic mass is 32.2. The number of carbonyl (C=O) groups excluding carboxylic acids is 1. The lowest BCUT2D eigenvalue weighted by molar-refractivity contribution is -0.111. The molecule has 20 heavy (non-hydrogen) atoms. The quantitative estimate of drug-likeness (QED) is 0.763. The molecule has 2 aromatic rings. The van der Waals surface area contributed by atoms with E-state index in [4.69, 9.17) is 0 Å². The number of benzene rings is 2. The molecule has 2 aromatic carbocycles. The SMILES string of the molecule is CC(=O)C1=C(c2ccccc2)[S+](C)Cc2ccccc21. The van der Waals surface area contributed by atoms with Crippen molar-refractivity contribution < 1.29 is 4.79 Å². The van der Waals surface area contributed by atoms with Crippen molar-refractivity contribution in [2.24, 2.45) is 0 Å². The fraction of sp³-hybridized carbons (Fsp3) is 0.167. The summed E-state index contributed by atoms with van der Waals surface area (Å²) in [6.07, 6.45) is 2.24. The molecule has 1 aliphatic rings. The third-order valence-corrected chi connectivity index (χ3v) is 5.50. The molecule has 0 saturated heterocycles. The first-order valence-electron chi connectivity index (χ1n) is 6.70. The van der Waals surface area contributed by atoms with Gasteiger partial charge in [-0.15, -0.1) is 0 Å². The zero-order valence-electron chi connectivity index (χ0n) is 11.7. The van der Waals surface area contributed by atoms with E-state index in [1.165, 1.54) is 16.0 Å². The molecule has 3 rings (SSSR count). The van der Waals surface area contributed by atoms with Gasteiger partial charge in [0, 0.05) is 22.0 Å². The van der Waals surface area contributed by atoms with E-state index in [-0.39, 0.29) is 16.7 Å². The van der Waals surface area contributed by atoms with Gasteiger partial charge in [-0.3, -0.25) is 4.79 Å². The Morgan fingerprint density at radius 1 is 1.00 bits per heavy atom. The second-order valence-corrected chi connectivity index (χ2v) is 7.04. The summed E-state index contributed by atoms with van der Waals surface area (Å²) in [5, 5.41) is 0. The highest BCUT2D eigenvalue weighted by Gasteiger charge is 2.34. The van der Waals surface area contributed by atoms with Gasteiger partial charge in [0.05, 0.1) is 5.57 Å². The highest BCUT2D eigenvalue weighted by Crippen LogP contribution is 2.39. The van der Waals surface area contributed by atoms with Crippen molar-refractivity contribution in [2.45, 2.75) is 12.7 Å². The Kier molecular flexibility index (Phi) is 3.49. The molecule has 2 heteroatoms. The van der Waals surface area contributed by atoms with Crippen LogP contribution < -0.4 is 0 Å². The monoisotopic (exact) mass is 281 g/mol. The van der Waals surface area contributed by atoms with E-state index in [1.54, 1.807) is 6.92 Å². The summed E-state index contributed by atoms with van der Waals surface area (Å²) < 4.78 is 0. The number of carbonyl (C=O) groups is 1. The van der Waals surface area contributed by atoms with E-state index >= 15 is 0 Å². The van der Waals surface area contributed by atoms with E-state index in [1.807, 2.05) is 24.3 Å². The fourth-order valence-corrected chi connectivity index (χ4v) is 4.78. The molecule has 0 saturated carbocycles. The van der Waals surface area contributed by atoms with Gasteiger partial charge < -0.3 is 0 Å². The van der Waals surface area contributed by atoms with Crippen LogP contribution in [0.5, 0.6) is 0 Å². The zero-order valence-corrected chi connectivity index (χ0v) is 12.5. The molecular formula is C18H17OS+. The molecule has 0 aliphatic carbocycles. The number of allylic oxidation sites excluding steroid dienone is 1. The van der Waals surface area contributed by atoms with Crippen LogP contribution in [0.25, 0.3) is 10.5 Å². The molecule has 0 aromatic heterocycles. The van der Waals surface area contributed by atoms with E-state index < -0.39 is 0 Å². The number of Topliss-reactive ketones (excluding diaryl/α,β-unsaturated/α-hetero) is 1. The average Bonchev–Trinajstić information content (AvgIpc) is 2.46. The summed E-state index contributed by atoms with van der Waals surface area (Å²) in [6.45, 7) is 1.68. The molecule has 1 unspecified atom stereocenters. The summed E-state index contributed by atoms with van der Waals surface area (Å²) in [5.41, 5.74) is 4.49. The summed E-state index contributed by atoms with van der Waals surface area (Å²) in [5.74, 6) is 1.19. The van der Waals surface area contributed by atoms with Gasteiger partial charge in [0.2, 0.25) is 0 Å². The van der Waals surface area contributed by atoms with Gasteiger partial charge in [-0.2, -0.15) is 0 Å². The van der Waals surface area contributed by atoms with Crippen molar-refractivity contribution >= 4 is 27.2 Å². The first kappa shape index (κ1) is 13.2. The van der Waals surface area contributed by atoms with Crippen molar-refractivity contribution in [3.63, 3.8) is 0 Å². The van der Waals surface area contributed by atoms with E-state index in [0.29, 0.717) is 0 Å². The summed E-state index contributed by atoms with van der Waals surface area (Å²) in [6, 6.07) is 18.6. The van der Waals surface area contributed by atoms with Gasteiger partial charge in [0.25, 0.3) is 0 Å². The van der Waals surface area contributed by atoms with Gasteiger partial charge in [-0.25, -0.2) is 0 Å². The van der Waals surface area contributed by atoms with Crippen LogP contribution in [-0.4, -0.2) is 12.0 Å². The van der Waals surface area contributed by atoms with Crippen LogP contribution in [0.4, 0.5) is 0 Å². The molecule has 0 amide bonds. The number of fused-ring (bicyclic) bond motifs is 1. The van der Waals surface area contributed by atoms with Crippen LogP contribution in [0, 0.1) is 0 Å². The third-order valence-electron chi connectivity index (χ3n) is 3.62. The van der Waals surface area contributed by atoms with Gasteiger partial charge in [-0.05, 0) is 24.6 Å². The van der Waals surface area contributed by atoms with Gasteiger partial charge >= 0.3 is 0 Å². The van der Waals surface area contributed by atoms with Crippen molar-refractivity contribution in [1.82, 2.24) is 0 Å². The third kappa shape index (κ3) is 2.20. The lowest BCUT2D eigenvalue weighted by Crippen LogP contribution is -2.17. The molecule has 1 atom stereocenters. The molecule has 0 N–H and O–H groups in total. The summed E-state index contributed by atoms with van der Waals surface area (Å²) in [7, 11) is 0.0678. The van der Waals surface area contributed by atoms with E-state index in [2.05, 4.69) is 36.6 Å². The first-order chi connectivity index (χ1) is 9.68. The second kappa shape index (κ2) is 5.29. The first-order valence-corrected chi connectivity index (χ1v) is 8.50. The lowest BCUT2D eigenvalue weighted by Gasteiger charge is -2.20. The van der Waals surface area contributed by atoms with Crippen LogP contribution in [0.15, 0.2) is 54.6 Å². The molecular weight excluding hydrogens is 264 g/mol. The summed E-state index contributed by atoms with van der Waals surface area (Å²) in [4.78, 5) is 13.5. The topological polar surface area (TPSA) is 17.1 Å². The molecule has 100 valence electrons. The maximum atomic E-state index is 12.2. The molecule has 1 heterocycles. The van der Waals surface area contributed by atoms with Crippen LogP contribution in [0.3, 0.4) is 0 Å². The minimum absolute atomic E-state index is 0.0678. The molecule has 0 radical (unpaired) electrons. The molecule has 1 aliphatic heterocycles. The number of hydrogen-bond donors (Lipinski definition) is 0. The average molecular weight is 281 g/mol. The Labute approximate surface area is 122 Å². The Bertz CT molecular complexity index is 686. The standard InChI is InChI=1S/C18H17OS/c1-13(19)17-16-11-7-6-10-15(16)12-20(2)18(17)14-8-4-3-5-9-14/h3-11H,12H2,1-2H3/q+1. The molecule has 0 spiro atoms. The Morgan fingerprint density at radius 3 is 2.35 bits per heavy atom. The van der Waals surface area contributed by atoms with Crippen molar-refractivity contribution in [2.75, 3.05) is 6.26 Å². The Hall–Kier alpha value is -1.80. The zero-order chi connectivity index (χ0) is 14.1. The predicted molar refractivity (Wildman–Crippen MR) is 87.4 cm³/mol. The van der Waals surface area contributed by atoms with Crippen molar-refractivity contribution in [3.8, 4) is 0 Å². The van der Waals surface area contributed by atoms with E-state index in [0.717, 1.165) is 16.9 Å². The van der Waals surface area contributed by atoms with Gasteiger partial charge in [0.15, 0.2) is 10.7 Å². The van der Waals surface area contributed by atoms with Crippen LogP contribution >= 0.6 is 0 Å². The van der Waals surface area contributed by atoms with Crippen molar-refractivity contribution in [3.05, 3.63) is 71.3 Å². The number of hydrogen-bond acceptors (Lipinski definition) is 1. The second-order valence-electron chi connectivity index (χ2n) is 5.06. The Balaban J connectivity index is 2.29. The van der Waals surface area contributed by atoms with Crippen LogP contribution in [0.2, 0.25) is 0 Å². The highest BCUT2D eigenvalue weighted by molar-refractivity contribution is 8.04. The van der Waals surface area contributed by atoms with Crippen LogP contribution in [-0.2, 0) is 21.4 Å². The predicted octanol–water partition coefficient (Wildman–Crippen LogP) is 3.91.